The van der Waals surface area contributed by atoms with Crippen molar-refractivity contribution in [3.63, 3.8) is 0 Å². The molecule has 0 atom stereocenters. The zero-order chi connectivity index (χ0) is 19.9. The Morgan fingerprint density at radius 2 is 1.59 bits per heavy atom. The summed E-state index contributed by atoms with van der Waals surface area (Å²) < 4.78 is 53.9. The summed E-state index contributed by atoms with van der Waals surface area (Å²) >= 11 is 0. The smallest absolute Gasteiger partial charge is 0.399 e. The van der Waals surface area contributed by atoms with E-state index in [1.165, 1.54) is 12.1 Å². The van der Waals surface area contributed by atoms with E-state index in [2.05, 4.69) is 4.72 Å². The molecule has 1 aliphatic heterocycles. The van der Waals surface area contributed by atoms with Gasteiger partial charge >= 0.3 is 7.12 Å². The van der Waals surface area contributed by atoms with Gasteiger partial charge in [0, 0.05) is 12.0 Å². The van der Waals surface area contributed by atoms with Gasteiger partial charge in [-0.05, 0) is 51.5 Å². The van der Waals surface area contributed by atoms with Crippen LogP contribution in [0.25, 0.3) is 0 Å². The molecular formula is C19H23BFNO4S. The molecule has 2 aromatic carbocycles. The minimum Gasteiger partial charge on any atom is -0.399 e. The Morgan fingerprint density at radius 3 is 2.19 bits per heavy atom. The molecule has 0 spiro atoms. The van der Waals surface area contributed by atoms with E-state index in [4.69, 9.17) is 9.31 Å². The van der Waals surface area contributed by atoms with Crippen molar-refractivity contribution in [3.05, 3.63) is 59.9 Å². The molecule has 1 saturated heterocycles. The number of hydrogen-bond donors (Lipinski definition) is 1. The van der Waals surface area contributed by atoms with Crippen LogP contribution in [0.1, 0.15) is 33.3 Å². The van der Waals surface area contributed by atoms with E-state index in [0.717, 1.165) is 11.6 Å². The molecule has 5 nitrogen and oxygen atoms in total. The number of nitrogens with one attached hydrogen (secondary N) is 1. The topological polar surface area (TPSA) is 64.6 Å². The molecular weight excluding hydrogens is 368 g/mol. The van der Waals surface area contributed by atoms with Gasteiger partial charge in [0.1, 0.15) is 5.82 Å². The van der Waals surface area contributed by atoms with Crippen LogP contribution in [-0.2, 0) is 25.9 Å². The second-order valence-electron chi connectivity index (χ2n) is 7.58. The van der Waals surface area contributed by atoms with Crippen LogP contribution in [0, 0.1) is 5.82 Å². The van der Waals surface area contributed by atoms with Crippen molar-refractivity contribution in [2.45, 2.75) is 50.3 Å². The summed E-state index contributed by atoms with van der Waals surface area (Å²) in [6, 6.07) is 12.8. The average molecular weight is 391 g/mol. The molecule has 3 rings (SSSR count). The summed E-state index contributed by atoms with van der Waals surface area (Å²) in [5, 5.41) is 0. The number of rotatable bonds is 5. The second-order valence-corrected chi connectivity index (χ2v) is 9.35. The molecule has 0 amide bonds. The molecule has 0 radical (unpaired) electrons. The molecule has 1 N–H and O–H groups in total. The highest BCUT2D eigenvalue weighted by molar-refractivity contribution is 7.89. The van der Waals surface area contributed by atoms with Gasteiger partial charge in [-0.15, -0.1) is 0 Å². The predicted molar refractivity (Wildman–Crippen MR) is 103 cm³/mol. The van der Waals surface area contributed by atoms with Crippen LogP contribution < -0.4 is 10.2 Å². The third-order valence-electron chi connectivity index (χ3n) is 5.09. The molecule has 0 aromatic heterocycles. The Morgan fingerprint density at radius 1 is 1.00 bits per heavy atom. The maximum Gasteiger partial charge on any atom is 0.497 e. The third kappa shape index (κ3) is 4.08. The van der Waals surface area contributed by atoms with Crippen molar-refractivity contribution >= 4 is 22.6 Å². The molecule has 2 aromatic rings. The van der Waals surface area contributed by atoms with Crippen molar-refractivity contribution in [2.24, 2.45) is 0 Å². The Balaban J connectivity index is 1.85. The number of halogens is 1. The van der Waals surface area contributed by atoms with Crippen LogP contribution in [0.4, 0.5) is 4.39 Å². The fraction of sp³-hybridized carbons (Fsp3) is 0.368. The molecule has 0 bridgehead atoms. The molecule has 0 saturated carbocycles. The fourth-order valence-electron chi connectivity index (χ4n) is 2.70. The normalized spacial score (nSPS) is 18.6. The van der Waals surface area contributed by atoms with Crippen LogP contribution in [-0.4, -0.2) is 26.7 Å². The number of benzene rings is 2. The third-order valence-corrected chi connectivity index (χ3v) is 6.49. The highest BCUT2D eigenvalue weighted by Gasteiger charge is 2.52. The van der Waals surface area contributed by atoms with Crippen molar-refractivity contribution in [3.8, 4) is 0 Å². The molecule has 1 aliphatic rings. The van der Waals surface area contributed by atoms with Gasteiger partial charge in [-0.2, -0.15) is 0 Å². The van der Waals surface area contributed by atoms with E-state index in [1.807, 2.05) is 58.0 Å². The standard InChI is InChI=1S/C19H23BFNO4S/c1-18(2)19(3,4)26-20(25-18)16-12-15(10-11-17(16)21)27(23,24)22-13-14-8-6-5-7-9-14/h5-12,22H,13H2,1-4H3. The van der Waals surface area contributed by atoms with Crippen molar-refractivity contribution in [1.82, 2.24) is 4.72 Å². The van der Waals surface area contributed by atoms with E-state index in [1.54, 1.807) is 0 Å². The van der Waals surface area contributed by atoms with Crippen molar-refractivity contribution in [2.75, 3.05) is 0 Å². The SMILES string of the molecule is CC1(C)OB(c2cc(S(=O)(=O)NCc3ccccc3)ccc2F)OC1(C)C. The molecule has 8 heteroatoms. The molecule has 1 fully saturated rings. The largest absolute Gasteiger partial charge is 0.497 e. The van der Waals surface area contributed by atoms with Gasteiger partial charge in [-0.3, -0.25) is 0 Å². The molecule has 144 valence electrons. The molecule has 0 aliphatic carbocycles. The Kier molecular flexibility index (Phi) is 5.20. The van der Waals surface area contributed by atoms with E-state index >= 15 is 0 Å². The summed E-state index contributed by atoms with van der Waals surface area (Å²) in [5.74, 6) is -0.574. The lowest BCUT2D eigenvalue weighted by molar-refractivity contribution is 0.00578. The van der Waals surface area contributed by atoms with Gasteiger partial charge in [-0.1, -0.05) is 30.3 Å². The highest BCUT2D eigenvalue weighted by atomic mass is 32.2. The first-order chi connectivity index (χ1) is 12.5. The maximum absolute atomic E-state index is 14.4. The number of hydrogen-bond acceptors (Lipinski definition) is 4. The lowest BCUT2D eigenvalue weighted by atomic mass is 9.79. The van der Waals surface area contributed by atoms with Crippen LogP contribution in [0.3, 0.4) is 0 Å². The van der Waals surface area contributed by atoms with Crippen molar-refractivity contribution in [1.29, 1.82) is 0 Å². The molecule has 27 heavy (non-hydrogen) atoms. The summed E-state index contributed by atoms with van der Waals surface area (Å²) in [6.07, 6.45) is 0. The molecule has 1 heterocycles. The Labute approximate surface area is 160 Å². The van der Waals surface area contributed by atoms with E-state index in [-0.39, 0.29) is 16.9 Å². The van der Waals surface area contributed by atoms with Crippen LogP contribution in [0.5, 0.6) is 0 Å². The molecule has 0 unspecified atom stereocenters. The highest BCUT2D eigenvalue weighted by Crippen LogP contribution is 2.36. The number of sulfonamides is 1. The van der Waals surface area contributed by atoms with E-state index in [9.17, 15) is 12.8 Å². The summed E-state index contributed by atoms with van der Waals surface area (Å²) in [6.45, 7) is 7.56. The lowest BCUT2D eigenvalue weighted by Crippen LogP contribution is -2.41. The Bertz CT molecular complexity index is 916. The van der Waals surface area contributed by atoms with Gasteiger partial charge in [0.05, 0.1) is 16.1 Å². The zero-order valence-corrected chi connectivity index (χ0v) is 16.6. The van der Waals surface area contributed by atoms with Gasteiger partial charge in [0.2, 0.25) is 10.0 Å². The Hall–Kier alpha value is -1.74. The van der Waals surface area contributed by atoms with Crippen LogP contribution in [0.15, 0.2) is 53.4 Å². The zero-order valence-electron chi connectivity index (χ0n) is 15.8. The summed E-state index contributed by atoms with van der Waals surface area (Å²) in [5.41, 5.74) is -0.402. The first-order valence-corrected chi connectivity index (χ1v) is 10.2. The van der Waals surface area contributed by atoms with Gasteiger partial charge in [-0.25, -0.2) is 17.5 Å². The quantitative estimate of drug-likeness (QED) is 0.796. The minimum absolute atomic E-state index is 0.0375. The van der Waals surface area contributed by atoms with Crippen LogP contribution >= 0.6 is 0 Å². The maximum atomic E-state index is 14.4. The van der Waals surface area contributed by atoms with Gasteiger partial charge in [0.25, 0.3) is 0 Å². The first kappa shape index (κ1) is 20.0. The monoisotopic (exact) mass is 391 g/mol. The minimum atomic E-state index is -3.81. The summed E-state index contributed by atoms with van der Waals surface area (Å²) in [4.78, 5) is -0.0375. The predicted octanol–water partition coefficient (Wildman–Crippen LogP) is 2.60. The van der Waals surface area contributed by atoms with Gasteiger partial charge < -0.3 is 9.31 Å². The average Bonchev–Trinajstić information content (AvgIpc) is 2.82. The van der Waals surface area contributed by atoms with Crippen LogP contribution in [0.2, 0.25) is 0 Å². The van der Waals surface area contributed by atoms with Crippen molar-refractivity contribution < 1.29 is 22.1 Å². The fourth-order valence-corrected chi connectivity index (χ4v) is 3.75. The summed E-state index contributed by atoms with van der Waals surface area (Å²) in [7, 11) is -4.79. The van der Waals surface area contributed by atoms with E-state index in [0.29, 0.717) is 0 Å². The lowest BCUT2D eigenvalue weighted by Gasteiger charge is -2.32. The first-order valence-electron chi connectivity index (χ1n) is 8.70. The second kappa shape index (κ2) is 7.02. The van der Waals surface area contributed by atoms with E-state index < -0.39 is 34.2 Å². The van der Waals surface area contributed by atoms with Gasteiger partial charge in [0.15, 0.2) is 0 Å².